The maximum atomic E-state index is 10.8. The van der Waals surface area contributed by atoms with Crippen LogP contribution in [0, 0.1) is 0 Å². The molecule has 1 aromatic rings. The number of benzene rings is 1. The van der Waals surface area contributed by atoms with Crippen molar-refractivity contribution in [3.05, 3.63) is 29.8 Å². The van der Waals surface area contributed by atoms with Crippen LogP contribution in [0.15, 0.2) is 24.3 Å². The van der Waals surface area contributed by atoms with Gasteiger partial charge >= 0.3 is 13.1 Å². The number of rotatable bonds is 3. The van der Waals surface area contributed by atoms with E-state index in [1.165, 1.54) is 11.8 Å². The minimum Gasteiger partial charge on any atom is -0.480 e. The van der Waals surface area contributed by atoms with Gasteiger partial charge in [-0.3, -0.25) is 10.1 Å². The van der Waals surface area contributed by atoms with Crippen molar-refractivity contribution in [2.45, 2.75) is 11.4 Å². The Kier molecular flexibility index (Phi) is 3.73. The van der Waals surface area contributed by atoms with Crippen LogP contribution in [0.25, 0.3) is 0 Å². The molecule has 0 unspecified atom stereocenters. The summed E-state index contributed by atoms with van der Waals surface area (Å²) in [6, 6.07) is 6.29. The van der Waals surface area contributed by atoms with Crippen molar-refractivity contribution in [2.75, 3.05) is 5.75 Å². The van der Waals surface area contributed by atoms with Crippen LogP contribution in [0.5, 0.6) is 0 Å². The molecule has 1 aliphatic heterocycles. The average molecular weight is 253 g/mol. The first kappa shape index (κ1) is 12.4. The largest absolute Gasteiger partial charge is 0.488 e. The van der Waals surface area contributed by atoms with E-state index in [2.05, 4.69) is 5.32 Å². The van der Waals surface area contributed by atoms with Crippen LogP contribution < -0.4 is 10.8 Å². The van der Waals surface area contributed by atoms with Crippen molar-refractivity contribution in [3.63, 3.8) is 0 Å². The van der Waals surface area contributed by atoms with Gasteiger partial charge in [0.15, 0.2) is 0 Å². The minimum absolute atomic E-state index is 0.116. The van der Waals surface area contributed by atoms with Gasteiger partial charge in [0.1, 0.15) is 6.04 Å². The lowest BCUT2D eigenvalue weighted by Crippen LogP contribution is -2.34. The summed E-state index contributed by atoms with van der Waals surface area (Å²) in [6.45, 7) is 0. The Hall–Kier alpha value is -1.02. The molecule has 1 aromatic carbocycles. The Bertz CT molecular complexity index is 429. The molecule has 0 amide bonds. The second-order valence-electron chi connectivity index (χ2n) is 3.81. The first-order valence-electron chi connectivity index (χ1n) is 5.14. The summed E-state index contributed by atoms with van der Waals surface area (Å²) in [6.07, 6.45) is 0. The van der Waals surface area contributed by atoms with Crippen LogP contribution in [-0.4, -0.2) is 40.0 Å². The molecule has 0 bridgehead atoms. The molecule has 0 saturated carbocycles. The summed E-state index contributed by atoms with van der Waals surface area (Å²) in [5, 5.41) is 29.9. The zero-order valence-corrected chi connectivity index (χ0v) is 9.72. The van der Waals surface area contributed by atoms with E-state index in [4.69, 9.17) is 15.2 Å². The van der Waals surface area contributed by atoms with E-state index in [-0.39, 0.29) is 5.37 Å². The summed E-state index contributed by atoms with van der Waals surface area (Å²) in [5.74, 6) is -0.357. The van der Waals surface area contributed by atoms with Crippen LogP contribution in [-0.2, 0) is 4.79 Å². The third-order valence-electron chi connectivity index (χ3n) is 2.59. The lowest BCUT2D eigenvalue weighted by molar-refractivity contribution is -0.138. The van der Waals surface area contributed by atoms with Crippen molar-refractivity contribution in [2.24, 2.45) is 0 Å². The number of hydrogen-bond acceptors (Lipinski definition) is 5. The van der Waals surface area contributed by atoms with E-state index in [9.17, 15) is 4.79 Å². The molecule has 0 radical (unpaired) electrons. The zero-order chi connectivity index (χ0) is 12.4. The Morgan fingerprint density at radius 3 is 2.82 bits per heavy atom. The number of carboxylic acid groups (broad SMARTS) is 1. The summed E-state index contributed by atoms with van der Waals surface area (Å²) >= 11 is 1.50. The molecule has 0 aromatic heterocycles. The van der Waals surface area contributed by atoms with E-state index >= 15 is 0 Å². The van der Waals surface area contributed by atoms with Crippen LogP contribution in [0.4, 0.5) is 0 Å². The molecule has 1 saturated heterocycles. The predicted molar refractivity (Wildman–Crippen MR) is 66.0 cm³/mol. The van der Waals surface area contributed by atoms with Gasteiger partial charge in [-0.2, -0.15) is 0 Å². The van der Waals surface area contributed by atoms with Gasteiger partial charge in [0.2, 0.25) is 0 Å². The molecule has 1 aliphatic rings. The van der Waals surface area contributed by atoms with E-state index in [1.807, 2.05) is 6.07 Å². The van der Waals surface area contributed by atoms with Gasteiger partial charge in [-0.1, -0.05) is 24.3 Å². The highest BCUT2D eigenvalue weighted by Crippen LogP contribution is 2.32. The number of thioether (sulfide) groups is 1. The topological polar surface area (TPSA) is 89.8 Å². The highest BCUT2D eigenvalue weighted by molar-refractivity contribution is 7.99. The molecule has 1 fully saturated rings. The first-order chi connectivity index (χ1) is 8.08. The molecule has 2 rings (SSSR count). The van der Waals surface area contributed by atoms with Crippen molar-refractivity contribution < 1.29 is 19.9 Å². The van der Waals surface area contributed by atoms with E-state index < -0.39 is 19.1 Å². The van der Waals surface area contributed by atoms with Gasteiger partial charge in [-0.15, -0.1) is 11.8 Å². The summed E-state index contributed by atoms with van der Waals surface area (Å²) in [4.78, 5) is 10.8. The highest BCUT2D eigenvalue weighted by atomic mass is 32.2. The van der Waals surface area contributed by atoms with Gasteiger partial charge in [-0.05, 0) is 11.0 Å². The normalized spacial score (nSPS) is 23.6. The monoisotopic (exact) mass is 253 g/mol. The van der Waals surface area contributed by atoms with Gasteiger partial charge < -0.3 is 15.2 Å². The second-order valence-corrected chi connectivity index (χ2v) is 4.95. The predicted octanol–water partition coefficient (Wildman–Crippen LogP) is -0.845. The molecular formula is C10H12BNO4S. The fraction of sp³-hybridized carbons (Fsp3) is 0.300. The molecule has 2 atom stereocenters. The quantitative estimate of drug-likeness (QED) is 0.525. The SMILES string of the molecule is O=C(O)[C@H]1CS[C@@H](c2cccc(B(O)O)c2)N1. The third-order valence-corrected chi connectivity index (χ3v) is 3.86. The van der Waals surface area contributed by atoms with Gasteiger partial charge in [0, 0.05) is 5.75 Å². The molecule has 0 aliphatic carbocycles. The Morgan fingerprint density at radius 2 is 2.24 bits per heavy atom. The maximum Gasteiger partial charge on any atom is 0.488 e. The average Bonchev–Trinajstić information content (AvgIpc) is 2.78. The van der Waals surface area contributed by atoms with E-state index in [1.54, 1.807) is 18.2 Å². The van der Waals surface area contributed by atoms with E-state index in [0.717, 1.165) is 5.56 Å². The minimum atomic E-state index is -1.50. The Labute approximate surface area is 103 Å². The van der Waals surface area contributed by atoms with Crippen LogP contribution >= 0.6 is 11.8 Å². The second kappa shape index (κ2) is 5.09. The molecule has 4 N–H and O–H groups in total. The lowest BCUT2D eigenvalue weighted by atomic mass is 9.79. The molecule has 5 nitrogen and oxygen atoms in total. The van der Waals surface area contributed by atoms with Crippen molar-refractivity contribution >= 4 is 30.3 Å². The fourth-order valence-corrected chi connectivity index (χ4v) is 2.91. The summed E-state index contributed by atoms with van der Waals surface area (Å²) in [5.41, 5.74) is 1.26. The molecule has 90 valence electrons. The zero-order valence-electron chi connectivity index (χ0n) is 8.91. The number of hydrogen-bond donors (Lipinski definition) is 4. The smallest absolute Gasteiger partial charge is 0.480 e. The van der Waals surface area contributed by atoms with Crippen LogP contribution in [0.2, 0.25) is 0 Å². The molecule has 1 heterocycles. The Morgan fingerprint density at radius 1 is 1.47 bits per heavy atom. The fourth-order valence-electron chi connectivity index (χ4n) is 1.69. The van der Waals surface area contributed by atoms with Gasteiger partial charge in [-0.25, -0.2) is 0 Å². The lowest BCUT2D eigenvalue weighted by Gasteiger charge is -2.12. The van der Waals surface area contributed by atoms with Crippen molar-refractivity contribution in [3.8, 4) is 0 Å². The third kappa shape index (κ3) is 2.81. The first-order valence-corrected chi connectivity index (χ1v) is 6.19. The molecule has 0 spiro atoms. The number of nitrogens with one attached hydrogen (secondary N) is 1. The van der Waals surface area contributed by atoms with Gasteiger partial charge in [0.05, 0.1) is 5.37 Å². The van der Waals surface area contributed by atoms with Crippen molar-refractivity contribution in [1.29, 1.82) is 0 Å². The Balaban J connectivity index is 2.13. The highest BCUT2D eigenvalue weighted by Gasteiger charge is 2.30. The number of carbonyl (C=O) groups is 1. The summed E-state index contributed by atoms with van der Waals surface area (Å²) in [7, 11) is -1.50. The van der Waals surface area contributed by atoms with Crippen LogP contribution in [0.3, 0.4) is 0 Å². The standard InChI is InChI=1S/C10H12BNO4S/c13-10(14)8-5-17-9(12-8)6-2-1-3-7(4-6)11(15)16/h1-4,8-9,12,15-16H,5H2,(H,13,14)/t8-,9+/m1/s1. The molecule has 17 heavy (non-hydrogen) atoms. The number of carboxylic acids is 1. The number of aliphatic carboxylic acids is 1. The van der Waals surface area contributed by atoms with Crippen LogP contribution in [0.1, 0.15) is 10.9 Å². The molecule has 7 heteroatoms. The van der Waals surface area contributed by atoms with Gasteiger partial charge in [0.25, 0.3) is 0 Å². The molecular weight excluding hydrogens is 241 g/mol. The maximum absolute atomic E-state index is 10.8. The summed E-state index contributed by atoms with van der Waals surface area (Å²) < 4.78 is 0. The van der Waals surface area contributed by atoms with Crippen molar-refractivity contribution in [1.82, 2.24) is 5.32 Å². The van der Waals surface area contributed by atoms with E-state index in [0.29, 0.717) is 11.2 Å².